The highest BCUT2D eigenvalue weighted by molar-refractivity contribution is 5.85. The fourth-order valence-electron chi connectivity index (χ4n) is 2.00. The Balaban J connectivity index is 0.00000361. The number of rotatable bonds is 7. The van der Waals surface area contributed by atoms with Gasteiger partial charge in [0.05, 0.1) is 11.5 Å². The van der Waals surface area contributed by atoms with Gasteiger partial charge in [0.1, 0.15) is 0 Å². The lowest BCUT2D eigenvalue weighted by Crippen LogP contribution is -2.30. The van der Waals surface area contributed by atoms with Crippen molar-refractivity contribution in [2.75, 3.05) is 13.1 Å². The Labute approximate surface area is 124 Å². The molecule has 0 spiro atoms. The van der Waals surface area contributed by atoms with Crippen molar-refractivity contribution in [1.82, 2.24) is 4.90 Å². The molecule has 1 rings (SSSR count). The normalized spacial score (nSPS) is 10.2. The molecule has 20 heavy (non-hydrogen) atoms. The van der Waals surface area contributed by atoms with Crippen LogP contribution in [0.15, 0.2) is 18.2 Å². The first-order valence-electron chi connectivity index (χ1n) is 6.12. The minimum Gasteiger partial charge on any atom is -0.480 e. The number of carbonyl (C=O) groups is 1. The van der Waals surface area contributed by atoms with Crippen LogP contribution < -0.4 is 0 Å². The van der Waals surface area contributed by atoms with Crippen molar-refractivity contribution in [3.05, 3.63) is 39.4 Å². The summed E-state index contributed by atoms with van der Waals surface area (Å²) in [7, 11) is 0. The number of nitro groups is 1. The molecule has 1 aromatic carbocycles. The lowest BCUT2D eigenvalue weighted by atomic mass is 10.1. The summed E-state index contributed by atoms with van der Waals surface area (Å²) in [6.45, 7) is 4.66. The molecule has 112 valence electrons. The molecular formula is C13H19ClN2O4. The smallest absolute Gasteiger partial charge is 0.317 e. The summed E-state index contributed by atoms with van der Waals surface area (Å²) in [6, 6.07) is 4.89. The number of hydrogen-bond acceptors (Lipinski definition) is 4. The SMILES string of the molecule is CCCN(CC(=O)O)Cc1cccc([N+](=O)[O-])c1C.Cl. The van der Waals surface area contributed by atoms with E-state index in [1.165, 1.54) is 6.07 Å². The number of carboxylic acid groups (broad SMARTS) is 1. The van der Waals surface area contributed by atoms with Gasteiger partial charge in [0.25, 0.3) is 5.69 Å². The van der Waals surface area contributed by atoms with Crippen LogP contribution in [0.1, 0.15) is 24.5 Å². The average Bonchev–Trinajstić information content (AvgIpc) is 2.31. The van der Waals surface area contributed by atoms with Crippen LogP contribution >= 0.6 is 12.4 Å². The van der Waals surface area contributed by atoms with E-state index < -0.39 is 10.9 Å². The number of nitrogens with zero attached hydrogens (tertiary/aromatic N) is 2. The second-order valence-electron chi connectivity index (χ2n) is 4.42. The standard InChI is InChI=1S/C13H18N2O4.ClH/c1-3-7-14(9-13(16)17)8-11-5-4-6-12(10(11)2)15(18)19;/h4-6H,3,7-9H2,1-2H3,(H,16,17);1H. The molecule has 0 radical (unpaired) electrons. The molecule has 1 N–H and O–H groups in total. The van der Waals surface area contributed by atoms with E-state index in [0.29, 0.717) is 18.7 Å². The molecule has 0 saturated carbocycles. The van der Waals surface area contributed by atoms with Crippen LogP contribution in [0.3, 0.4) is 0 Å². The summed E-state index contributed by atoms with van der Waals surface area (Å²) in [5.41, 5.74) is 1.46. The first kappa shape index (κ1) is 18.3. The predicted molar refractivity (Wildman–Crippen MR) is 78.3 cm³/mol. The summed E-state index contributed by atoms with van der Waals surface area (Å²) >= 11 is 0. The van der Waals surface area contributed by atoms with Crippen LogP contribution in [0.5, 0.6) is 0 Å². The van der Waals surface area contributed by atoms with E-state index in [1.807, 2.05) is 6.92 Å². The quantitative estimate of drug-likeness (QED) is 0.618. The molecular weight excluding hydrogens is 284 g/mol. The zero-order valence-electron chi connectivity index (χ0n) is 11.5. The Bertz CT molecular complexity index is 479. The van der Waals surface area contributed by atoms with Gasteiger partial charge in [0.2, 0.25) is 0 Å². The molecule has 7 heteroatoms. The zero-order chi connectivity index (χ0) is 14.4. The number of nitro benzene ring substituents is 1. The molecule has 0 bridgehead atoms. The molecule has 0 fully saturated rings. The molecule has 0 aliphatic rings. The second kappa shape index (κ2) is 8.50. The van der Waals surface area contributed by atoms with Crippen LogP contribution in [0.25, 0.3) is 0 Å². The van der Waals surface area contributed by atoms with Gasteiger partial charge >= 0.3 is 5.97 Å². The van der Waals surface area contributed by atoms with Gasteiger partial charge < -0.3 is 5.11 Å². The Morgan fingerprint density at radius 2 is 2.10 bits per heavy atom. The van der Waals surface area contributed by atoms with E-state index in [9.17, 15) is 14.9 Å². The minimum atomic E-state index is -0.892. The number of carboxylic acids is 1. The van der Waals surface area contributed by atoms with Crippen molar-refractivity contribution in [2.45, 2.75) is 26.8 Å². The van der Waals surface area contributed by atoms with E-state index >= 15 is 0 Å². The average molecular weight is 303 g/mol. The van der Waals surface area contributed by atoms with Gasteiger partial charge in [-0.15, -0.1) is 12.4 Å². The Morgan fingerprint density at radius 3 is 2.60 bits per heavy atom. The molecule has 0 atom stereocenters. The lowest BCUT2D eigenvalue weighted by Gasteiger charge is -2.20. The zero-order valence-corrected chi connectivity index (χ0v) is 12.4. The summed E-state index contributed by atoms with van der Waals surface area (Å²) < 4.78 is 0. The summed E-state index contributed by atoms with van der Waals surface area (Å²) in [4.78, 5) is 23.0. The van der Waals surface area contributed by atoms with Crippen LogP contribution in [0.4, 0.5) is 5.69 Å². The van der Waals surface area contributed by atoms with Gasteiger partial charge in [-0.05, 0) is 25.5 Å². The fraction of sp³-hybridized carbons (Fsp3) is 0.462. The maximum atomic E-state index is 10.9. The first-order valence-corrected chi connectivity index (χ1v) is 6.12. The van der Waals surface area contributed by atoms with E-state index in [0.717, 1.165) is 12.0 Å². The third-order valence-corrected chi connectivity index (χ3v) is 2.91. The predicted octanol–water partition coefficient (Wildman–Crippen LogP) is 2.62. The van der Waals surface area contributed by atoms with E-state index in [2.05, 4.69) is 0 Å². The first-order chi connectivity index (χ1) is 8.95. The van der Waals surface area contributed by atoms with Crippen molar-refractivity contribution in [3.8, 4) is 0 Å². The summed E-state index contributed by atoms with van der Waals surface area (Å²) in [5.74, 6) is -0.892. The highest BCUT2D eigenvalue weighted by Crippen LogP contribution is 2.22. The highest BCUT2D eigenvalue weighted by Gasteiger charge is 2.16. The van der Waals surface area contributed by atoms with Gasteiger partial charge in [0.15, 0.2) is 0 Å². The molecule has 0 aromatic heterocycles. The Hall–Kier alpha value is -1.66. The topological polar surface area (TPSA) is 83.7 Å². The maximum absolute atomic E-state index is 10.9. The van der Waals surface area contributed by atoms with Crippen LogP contribution in [-0.2, 0) is 11.3 Å². The van der Waals surface area contributed by atoms with Crippen LogP contribution in [0, 0.1) is 17.0 Å². The second-order valence-corrected chi connectivity index (χ2v) is 4.42. The van der Waals surface area contributed by atoms with E-state index in [4.69, 9.17) is 5.11 Å². The molecule has 0 heterocycles. The summed E-state index contributed by atoms with van der Waals surface area (Å²) in [6.07, 6.45) is 0.835. The van der Waals surface area contributed by atoms with Crippen molar-refractivity contribution in [1.29, 1.82) is 0 Å². The molecule has 0 aliphatic carbocycles. The monoisotopic (exact) mass is 302 g/mol. The van der Waals surface area contributed by atoms with Crippen LogP contribution in [-0.4, -0.2) is 34.0 Å². The highest BCUT2D eigenvalue weighted by atomic mass is 35.5. The number of halogens is 1. The van der Waals surface area contributed by atoms with Crippen molar-refractivity contribution >= 4 is 24.1 Å². The fourth-order valence-corrected chi connectivity index (χ4v) is 2.00. The molecule has 0 saturated heterocycles. The molecule has 6 nitrogen and oxygen atoms in total. The van der Waals surface area contributed by atoms with Gasteiger partial charge in [-0.25, -0.2) is 0 Å². The van der Waals surface area contributed by atoms with Gasteiger partial charge in [0, 0.05) is 18.2 Å². The third-order valence-electron chi connectivity index (χ3n) is 2.91. The minimum absolute atomic E-state index is 0. The van der Waals surface area contributed by atoms with E-state index in [-0.39, 0.29) is 24.6 Å². The van der Waals surface area contributed by atoms with Crippen LogP contribution in [0.2, 0.25) is 0 Å². The lowest BCUT2D eigenvalue weighted by molar-refractivity contribution is -0.385. The molecule has 0 amide bonds. The number of benzene rings is 1. The van der Waals surface area contributed by atoms with Gasteiger partial charge in [-0.2, -0.15) is 0 Å². The summed E-state index contributed by atoms with van der Waals surface area (Å²) in [5, 5.41) is 19.7. The Morgan fingerprint density at radius 1 is 1.45 bits per heavy atom. The largest absolute Gasteiger partial charge is 0.480 e. The van der Waals surface area contributed by atoms with Crippen molar-refractivity contribution in [3.63, 3.8) is 0 Å². The maximum Gasteiger partial charge on any atom is 0.317 e. The molecule has 0 unspecified atom stereocenters. The Kier molecular flexibility index (Phi) is 7.79. The van der Waals surface area contributed by atoms with Crippen molar-refractivity contribution in [2.24, 2.45) is 0 Å². The number of aliphatic carboxylic acids is 1. The van der Waals surface area contributed by atoms with Gasteiger partial charge in [-0.3, -0.25) is 19.8 Å². The number of hydrogen-bond donors (Lipinski definition) is 1. The molecule has 0 aliphatic heterocycles. The van der Waals surface area contributed by atoms with Crippen molar-refractivity contribution < 1.29 is 14.8 Å². The van der Waals surface area contributed by atoms with E-state index in [1.54, 1.807) is 24.0 Å². The van der Waals surface area contributed by atoms with Gasteiger partial charge in [-0.1, -0.05) is 19.1 Å². The molecule has 1 aromatic rings. The third kappa shape index (κ3) is 5.14.